The molecule has 1 N–H and O–H groups in total. The topological polar surface area (TPSA) is 19.7 Å². The molecule has 1 aromatic heterocycles. The highest BCUT2D eigenvalue weighted by Crippen LogP contribution is 1.81. The lowest BCUT2D eigenvalue weighted by atomic mass is 10.6. The summed E-state index contributed by atoms with van der Waals surface area (Å²) in [5.74, 6) is 0. The van der Waals surface area contributed by atoms with E-state index < -0.39 is 0 Å². The van der Waals surface area contributed by atoms with Gasteiger partial charge in [-0.3, -0.25) is 0 Å². The summed E-state index contributed by atoms with van der Waals surface area (Å²) in [6, 6.07) is 0. The zero-order valence-corrected chi connectivity index (χ0v) is 7.84. The number of aromatic amines is 1. The van der Waals surface area contributed by atoms with Crippen molar-refractivity contribution in [3.63, 3.8) is 0 Å². The maximum atomic E-state index is 3.08. The van der Waals surface area contributed by atoms with Gasteiger partial charge in [-0.15, -0.1) is 0 Å². The van der Waals surface area contributed by atoms with Gasteiger partial charge >= 0.3 is 0 Å². The van der Waals surface area contributed by atoms with Gasteiger partial charge in [0, 0.05) is 6.92 Å². The minimum atomic E-state index is 0. The molecular formula is C6H11IN2. The van der Waals surface area contributed by atoms with Crippen molar-refractivity contribution in [1.82, 2.24) is 4.98 Å². The molecule has 0 amide bonds. The second kappa shape index (κ2) is 3.87. The molecular weight excluding hydrogens is 227 g/mol. The van der Waals surface area contributed by atoms with E-state index in [4.69, 9.17) is 0 Å². The van der Waals surface area contributed by atoms with Crippen LogP contribution in [0.2, 0.25) is 0 Å². The number of aryl methyl sites for hydroxylation is 2. The molecule has 52 valence electrons. The monoisotopic (exact) mass is 238 g/mol. The molecule has 0 aliphatic carbocycles. The number of hydrogen-bond acceptors (Lipinski definition) is 0. The van der Waals surface area contributed by atoms with Crippen LogP contribution < -0.4 is 28.5 Å². The predicted octanol–water partition coefficient (Wildman–Crippen LogP) is -2.37. The Morgan fingerprint density at radius 2 is 2.33 bits per heavy atom. The van der Waals surface area contributed by atoms with Crippen molar-refractivity contribution in [2.45, 2.75) is 20.4 Å². The Balaban J connectivity index is 0.000000640. The summed E-state index contributed by atoms with van der Waals surface area (Å²) in [5.41, 5.74) is 1.21. The first kappa shape index (κ1) is 8.94. The van der Waals surface area contributed by atoms with Crippen LogP contribution in [0.15, 0.2) is 12.5 Å². The van der Waals surface area contributed by atoms with E-state index in [0.29, 0.717) is 0 Å². The molecule has 1 aromatic rings. The molecule has 0 unspecified atom stereocenters. The molecule has 0 bridgehead atoms. The van der Waals surface area contributed by atoms with Gasteiger partial charge < -0.3 is 24.0 Å². The van der Waals surface area contributed by atoms with Crippen molar-refractivity contribution in [2.75, 3.05) is 0 Å². The highest BCUT2D eigenvalue weighted by Gasteiger charge is 1.94. The quantitative estimate of drug-likeness (QED) is 0.417. The van der Waals surface area contributed by atoms with Gasteiger partial charge in [-0.25, -0.2) is 9.55 Å². The highest BCUT2D eigenvalue weighted by atomic mass is 127. The van der Waals surface area contributed by atoms with Gasteiger partial charge in [-0.05, 0) is 6.92 Å². The summed E-state index contributed by atoms with van der Waals surface area (Å²) in [6.45, 7) is 5.21. The van der Waals surface area contributed by atoms with Gasteiger partial charge in [-0.1, -0.05) is 0 Å². The molecule has 0 aromatic carbocycles. The van der Waals surface area contributed by atoms with Crippen molar-refractivity contribution in [2.24, 2.45) is 0 Å². The van der Waals surface area contributed by atoms with Gasteiger partial charge in [0.05, 0.1) is 6.54 Å². The van der Waals surface area contributed by atoms with Crippen molar-refractivity contribution < 1.29 is 28.5 Å². The number of nitrogens with one attached hydrogen (secondary N) is 1. The Morgan fingerprint density at radius 1 is 1.67 bits per heavy atom. The fourth-order valence-corrected chi connectivity index (χ4v) is 0.691. The lowest BCUT2D eigenvalue weighted by Crippen LogP contribution is -3.00. The van der Waals surface area contributed by atoms with Crippen LogP contribution in [0, 0.1) is 6.92 Å². The smallest absolute Gasteiger partial charge is 0.241 e. The molecule has 0 atom stereocenters. The maximum absolute atomic E-state index is 3.08. The van der Waals surface area contributed by atoms with Gasteiger partial charge in [0.1, 0.15) is 11.9 Å². The Labute approximate surface area is 72.3 Å². The fourth-order valence-electron chi connectivity index (χ4n) is 0.691. The summed E-state index contributed by atoms with van der Waals surface area (Å²) >= 11 is 0. The molecule has 1 heterocycles. The fraction of sp³-hybridized carbons (Fsp3) is 0.500. The molecule has 0 radical (unpaired) electrons. The zero-order valence-electron chi connectivity index (χ0n) is 5.69. The molecule has 0 saturated heterocycles. The number of imidazole rings is 1. The van der Waals surface area contributed by atoms with E-state index in [9.17, 15) is 0 Å². The first-order chi connectivity index (χ1) is 3.83. The van der Waals surface area contributed by atoms with Crippen LogP contribution in [-0.4, -0.2) is 4.98 Å². The van der Waals surface area contributed by atoms with Crippen molar-refractivity contribution in [3.05, 3.63) is 18.2 Å². The predicted molar refractivity (Wildman–Crippen MR) is 31.4 cm³/mol. The normalized spacial score (nSPS) is 8.67. The van der Waals surface area contributed by atoms with Gasteiger partial charge in [-0.2, -0.15) is 0 Å². The van der Waals surface area contributed by atoms with Crippen molar-refractivity contribution in [1.29, 1.82) is 0 Å². The SMILES string of the molecule is CC[n+]1c[nH]c(C)c1.[I-]. The summed E-state index contributed by atoms with van der Waals surface area (Å²) in [5, 5.41) is 0. The van der Waals surface area contributed by atoms with Crippen LogP contribution in [-0.2, 0) is 6.54 Å². The summed E-state index contributed by atoms with van der Waals surface area (Å²) < 4.78 is 2.11. The number of H-pyrrole nitrogens is 1. The van der Waals surface area contributed by atoms with Crippen molar-refractivity contribution >= 4 is 0 Å². The van der Waals surface area contributed by atoms with E-state index in [0.717, 1.165) is 6.54 Å². The first-order valence-corrected chi connectivity index (χ1v) is 2.87. The molecule has 2 nitrogen and oxygen atoms in total. The number of nitrogens with zero attached hydrogens (tertiary/aromatic N) is 1. The molecule has 0 saturated carbocycles. The van der Waals surface area contributed by atoms with E-state index >= 15 is 0 Å². The van der Waals surface area contributed by atoms with E-state index in [-0.39, 0.29) is 24.0 Å². The molecule has 0 spiro atoms. The van der Waals surface area contributed by atoms with Crippen LogP contribution in [0.25, 0.3) is 0 Å². The average Bonchev–Trinajstić information content (AvgIpc) is 2.14. The molecule has 0 aliphatic heterocycles. The first-order valence-electron chi connectivity index (χ1n) is 2.87. The van der Waals surface area contributed by atoms with Gasteiger partial charge in [0.15, 0.2) is 0 Å². The Morgan fingerprint density at radius 3 is 2.56 bits per heavy atom. The number of halogens is 1. The van der Waals surface area contributed by atoms with Crippen LogP contribution >= 0.6 is 0 Å². The van der Waals surface area contributed by atoms with Crippen LogP contribution in [0.5, 0.6) is 0 Å². The zero-order chi connectivity index (χ0) is 5.98. The van der Waals surface area contributed by atoms with Crippen molar-refractivity contribution in [3.8, 4) is 0 Å². The van der Waals surface area contributed by atoms with Crippen LogP contribution in [0.1, 0.15) is 12.6 Å². The average molecular weight is 238 g/mol. The second-order valence-corrected chi connectivity index (χ2v) is 1.92. The number of aromatic nitrogens is 2. The van der Waals surface area contributed by atoms with Crippen LogP contribution in [0.3, 0.4) is 0 Å². The Bertz CT molecular complexity index is 171. The van der Waals surface area contributed by atoms with E-state index in [1.165, 1.54) is 5.69 Å². The third-order valence-electron chi connectivity index (χ3n) is 1.18. The number of rotatable bonds is 1. The second-order valence-electron chi connectivity index (χ2n) is 1.92. The minimum Gasteiger partial charge on any atom is -1.00 e. The number of hydrogen-bond donors (Lipinski definition) is 1. The van der Waals surface area contributed by atoms with Gasteiger partial charge in [0.2, 0.25) is 6.33 Å². The third-order valence-corrected chi connectivity index (χ3v) is 1.18. The van der Waals surface area contributed by atoms with E-state index in [1.807, 2.05) is 13.3 Å². The van der Waals surface area contributed by atoms with Gasteiger partial charge in [0.25, 0.3) is 0 Å². The highest BCUT2D eigenvalue weighted by molar-refractivity contribution is 4.82. The Kier molecular flexibility index (Phi) is 3.84. The molecule has 3 heteroatoms. The molecule has 0 fully saturated rings. The summed E-state index contributed by atoms with van der Waals surface area (Å²) in [6.07, 6.45) is 4.05. The minimum absolute atomic E-state index is 0. The lowest BCUT2D eigenvalue weighted by Gasteiger charge is -1.79. The van der Waals surface area contributed by atoms with Crippen LogP contribution in [0.4, 0.5) is 0 Å². The van der Waals surface area contributed by atoms with E-state index in [1.54, 1.807) is 0 Å². The Hall–Kier alpha value is -0.0600. The molecule has 0 aliphatic rings. The van der Waals surface area contributed by atoms with E-state index in [2.05, 4.69) is 22.7 Å². The largest absolute Gasteiger partial charge is 1.00 e. The summed E-state index contributed by atoms with van der Waals surface area (Å²) in [7, 11) is 0. The standard InChI is InChI=1S/C6H10N2.HI/c1-3-8-4-6(2)7-5-8;/h4-5H,3H2,1-2H3;1H. The lowest BCUT2D eigenvalue weighted by molar-refractivity contribution is -0.692. The summed E-state index contributed by atoms with van der Waals surface area (Å²) in [4.78, 5) is 3.08. The molecule has 1 rings (SSSR count). The molecule has 9 heavy (non-hydrogen) atoms. The maximum Gasteiger partial charge on any atom is 0.241 e. The third kappa shape index (κ3) is 2.34.